The van der Waals surface area contributed by atoms with Crippen LogP contribution in [-0.4, -0.2) is 25.1 Å². The Morgan fingerprint density at radius 2 is 2.29 bits per heavy atom. The lowest BCUT2D eigenvalue weighted by Gasteiger charge is -2.00. The SMILES string of the molecule is BrCCc1ccc(-n2cncn2)nc1. The molecule has 0 spiro atoms. The zero-order valence-corrected chi connectivity index (χ0v) is 9.05. The molecule has 72 valence electrons. The minimum Gasteiger partial charge on any atom is -0.237 e. The van der Waals surface area contributed by atoms with Crippen LogP contribution in [0.25, 0.3) is 5.82 Å². The van der Waals surface area contributed by atoms with Crippen molar-refractivity contribution in [2.75, 3.05) is 5.33 Å². The van der Waals surface area contributed by atoms with Crippen molar-refractivity contribution in [1.82, 2.24) is 19.7 Å². The van der Waals surface area contributed by atoms with Crippen LogP contribution >= 0.6 is 15.9 Å². The van der Waals surface area contributed by atoms with Gasteiger partial charge in [-0.3, -0.25) is 0 Å². The van der Waals surface area contributed by atoms with E-state index >= 15 is 0 Å². The van der Waals surface area contributed by atoms with Crippen molar-refractivity contribution in [3.63, 3.8) is 0 Å². The number of hydrogen-bond donors (Lipinski definition) is 0. The third-order valence-corrected chi connectivity index (χ3v) is 2.24. The topological polar surface area (TPSA) is 43.6 Å². The van der Waals surface area contributed by atoms with E-state index in [0.29, 0.717) is 0 Å². The van der Waals surface area contributed by atoms with Crippen molar-refractivity contribution in [3.05, 3.63) is 36.5 Å². The predicted octanol–water partition coefficient (Wildman–Crippen LogP) is 1.60. The van der Waals surface area contributed by atoms with Crippen molar-refractivity contribution in [2.24, 2.45) is 0 Å². The number of aromatic nitrogens is 4. The van der Waals surface area contributed by atoms with Crippen LogP contribution in [0.3, 0.4) is 0 Å². The van der Waals surface area contributed by atoms with Gasteiger partial charge in [0.2, 0.25) is 0 Å². The van der Waals surface area contributed by atoms with Gasteiger partial charge >= 0.3 is 0 Å². The number of pyridine rings is 1. The monoisotopic (exact) mass is 252 g/mol. The van der Waals surface area contributed by atoms with Gasteiger partial charge in [0.25, 0.3) is 0 Å². The molecule has 0 atom stereocenters. The molecule has 0 N–H and O–H groups in total. The predicted molar refractivity (Wildman–Crippen MR) is 56.7 cm³/mol. The highest BCUT2D eigenvalue weighted by atomic mass is 79.9. The van der Waals surface area contributed by atoms with E-state index < -0.39 is 0 Å². The quantitative estimate of drug-likeness (QED) is 0.780. The second kappa shape index (κ2) is 4.32. The average Bonchev–Trinajstić information content (AvgIpc) is 2.72. The van der Waals surface area contributed by atoms with Gasteiger partial charge in [-0.2, -0.15) is 5.10 Å². The molecule has 0 aliphatic rings. The van der Waals surface area contributed by atoms with E-state index in [0.717, 1.165) is 17.6 Å². The fourth-order valence-electron chi connectivity index (χ4n) is 1.14. The molecule has 2 heterocycles. The number of halogens is 1. The van der Waals surface area contributed by atoms with Crippen molar-refractivity contribution in [2.45, 2.75) is 6.42 Å². The summed E-state index contributed by atoms with van der Waals surface area (Å²) in [5, 5.41) is 4.95. The van der Waals surface area contributed by atoms with Gasteiger partial charge in [0.1, 0.15) is 12.7 Å². The van der Waals surface area contributed by atoms with Gasteiger partial charge in [-0.05, 0) is 18.1 Å². The number of nitrogens with zero attached hydrogens (tertiary/aromatic N) is 4. The smallest absolute Gasteiger partial charge is 0.155 e. The minimum absolute atomic E-state index is 0.792. The largest absolute Gasteiger partial charge is 0.237 e. The minimum atomic E-state index is 0.792. The van der Waals surface area contributed by atoms with Gasteiger partial charge in [0.15, 0.2) is 5.82 Å². The maximum absolute atomic E-state index is 4.28. The summed E-state index contributed by atoms with van der Waals surface area (Å²) in [5.74, 6) is 0.792. The molecule has 0 aliphatic carbocycles. The van der Waals surface area contributed by atoms with Crippen molar-refractivity contribution in [1.29, 1.82) is 0 Å². The molecule has 2 aromatic rings. The van der Waals surface area contributed by atoms with E-state index in [1.54, 1.807) is 11.0 Å². The van der Waals surface area contributed by atoms with Crippen molar-refractivity contribution >= 4 is 15.9 Å². The summed E-state index contributed by atoms with van der Waals surface area (Å²) in [6, 6.07) is 3.98. The summed E-state index contributed by atoms with van der Waals surface area (Å²) in [7, 11) is 0. The zero-order chi connectivity index (χ0) is 9.80. The Morgan fingerprint density at radius 1 is 1.36 bits per heavy atom. The molecule has 5 heteroatoms. The summed E-state index contributed by atoms with van der Waals surface area (Å²) in [5.41, 5.74) is 1.21. The summed E-state index contributed by atoms with van der Waals surface area (Å²) in [6.45, 7) is 0. The van der Waals surface area contributed by atoms with Gasteiger partial charge in [0.05, 0.1) is 0 Å². The van der Waals surface area contributed by atoms with Crippen LogP contribution in [0.4, 0.5) is 0 Å². The van der Waals surface area contributed by atoms with Crippen molar-refractivity contribution in [3.8, 4) is 5.82 Å². The Hall–Kier alpha value is -1.23. The standard InChI is InChI=1S/C9H9BrN4/c10-4-3-8-1-2-9(12-5-8)14-7-11-6-13-14/h1-2,5-7H,3-4H2. The molecule has 2 rings (SSSR count). The van der Waals surface area contributed by atoms with Crippen molar-refractivity contribution < 1.29 is 0 Å². The van der Waals surface area contributed by atoms with Crippen LogP contribution in [0.15, 0.2) is 31.0 Å². The fourth-order valence-corrected chi connectivity index (χ4v) is 1.59. The molecule has 2 aromatic heterocycles. The Labute approximate surface area is 90.1 Å². The molecule has 0 radical (unpaired) electrons. The number of hydrogen-bond acceptors (Lipinski definition) is 3. The lowest BCUT2D eigenvalue weighted by atomic mass is 10.2. The maximum atomic E-state index is 4.28. The van der Waals surface area contributed by atoms with Gasteiger partial charge in [-0.1, -0.05) is 22.0 Å². The normalized spacial score (nSPS) is 10.4. The first kappa shape index (κ1) is 9.33. The number of rotatable bonds is 3. The Bertz CT molecular complexity index is 382. The average molecular weight is 253 g/mol. The molecule has 0 unspecified atom stereocenters. The number of alkyl halides is 1. The molecule has 0 amide bonds. The van der Waals surface area contributed by atoms with E-state index in [2.05, 4.69) is 31.0 Å². The zero-order valence-electron chi connectivity index (χ0n) is 7.47. The Balaban J connectivity index is 2.22. The first-order valence-corrected chi connectivity index (χ1v) is 5.38. The molecule has 0 fully saturated rings. The second-order valence-corrected chi connectivity index (χ2v) is 3.60. The molecule has 0 aromatic carbocycles. The van der Waals surface area contributed by atoms with Crippen LogP contribution in [0.2, 0.25) is 0 Å². The molecular weight excluding hydrogens is 244 g/mol. The molecule has 0 saturated heterocycles. The van der Waals surface area contributed by atoms with Crippen LogP contribution < -0.4 is 0 Å². The fraction of sp³-hybridized carbons (Fsp3) is 0.222. The van der Waals surface area contributed by atoms with E-state index in [-0.39, 0.29) is 0 Å². The number of aryl methyl sites for hydroxylation is 1. The molecule has 0 aliphatic heterocycles. The van der Waals surface area contributed by atoms with Gasteiger partial charge in [-0.25, -0.2) is 14.6 Å². The van der Waals surface area contributed by atoms with E-state index in [9.17, 15) is 0 Å². The molecule has 0 saturated carbocycles. The molecule has 14 heavy (non-hydrogen) atoms. The van der Waals surface area contributed by atoms with Gasteiger partial charge < -0.3 is 0 Å². The van der Waals surface area contributed by atoms with Crippen LogP contribution in [0.1, 0.15) is 5.56 Å². The lowest BCUT2D eigenvalue weighted by Crippen LogP contribution is -1.98. The van der Waals surface area contributed by atoms with Crippen LogP contribution in [-0.2, 0) is 6.42 Å². The second-order valence-electron chi connectivity index (χ2n) is 2.80. The highest BCUT2D eigenvalue weighted by molar-refractivity contribution is 9.09. The Morgan fingerprint density at radius 3 is 2.86 bits per heavy atom. The van der Waals surface area contributed by atoms with E-state index in [1.807, 2.05) is 18.3 Å². The highest BCUT2D eigenvalue weighted by Gasteiger charge is 1.98. The van der Waals surface area contributed by atoms with Crippen LogP contribution in [0, 0.1) is 0 Å². The lowest BCUT2D eigenvalue weighted by molar-refractivity contribution is 0.842. The van der Waals surface area contributed by atoms with E-state index in [4.69, 9.17) is 0 Å². The third kappa shape index (κ3) is 1.98. The molecule has 4 nitrogen and oxygen atoms in total. The molecule has 0 bridgehead atoms. The van der Waals surface area contributed by atoms with E-state index in [1.165, 1.54) is 11.9 Å². The summed E-state index contributed by atoms with van der Waals surface area (Å²) < 4.78 is 1.64. The van der Waals surface area contributed by atoms with Gasteiger partial charge in [-0.15, -0.1) is 0 Å². The Kier molecular flexibility index (Phi) is 2.88. The summed E-state index contributed by atoms with van der Waals surface area (Å²) >= 11 is 3.39. The highest BCUT2D eigenvalue weighted by Crippen LogP contribution is 2.05. The summed E-state index contributed by atoms with van der Waals surface area (Å²) in [4.78, 5) is 8.14. The first-order valence-electron chi connectivity index (χ1n) is 4.26. The van der Waals surface area contributed by atoms with Gasteiger partial charge in [0, 0.05) is 11.5 Å². The first-order chi connectivity index (χ1) is 6.90. The third-order valence-electron chi connectivity index (χ3n) is 1.85. The van der Waals surface area contributed by atoms with Crippen LogP contribution in [0.5, 0.6) is 0 Å². The summed E-state index contributed by atoms with van der Waals surface area (Å²) in [6.07, 6.45) is 5.98. The maximum Gasteiger partial charge on any atom is 0.155 e. The molecular formula is C9H9BrN4.